The SMILES string of the molecule is Cc1cc(N2CCOCC2)ccc1/C=N/Nc1ccccc1. The Morgan fingerprint density at radius 3 is 2.59 bits per heavy atom. The van der Waals surface area contributed by atoms with Crippen LogP contribution in [0.5, 0.6) is 0 Å². The summed E-state index contributed by atoms with van der Waals surface area (Å²) in [5.74, 6) is 0. The summed E-state index contributed by atoms with van der Waals surface area (Å²) < 4.78 is 5.40. The van der Waals surface area contributed by atoms with Crippen LogP contribution in [0.1, 0.15) is 11.1 Å². The third kappa shape index (κ3) is 3.65. The number of aryl methyl sites for hydroxylation is 1. The Kier molecular flexibility index (Phi) is 4.71. The Balaban J connectivity index is 1.66. The number of nitrogens with zero attached hydrogens (tertiary/aromatic N) is 2. The predicted octanol–water partition coefficient (Wildman–Crippen LogP) is 3.28. The van der Waals surface area contributed by atoms with E-state index in [-0.39, 0.29) is 0 Å². The van der Waals surface area contributed by atoms with Crippen molar-refractivity contribution in [3.8, 4) is 0 Å². The van der Waals surface area contributed by atoms with Crippen LogP contribution in [-0.2, 0) is 4.74 Å². The van der Waals surface area contributed by atoms with Gasteiger partial charge >= 0.3 is 0 Å². The van der Waals surface area contributed by atoms with Crippen LogP contribution in [0.25, 0.3) is 0 Å². The molecule has 1 N–H and O–H groups in total. The molecule has 3 rings (SSSR count). The van der Waals surface area contributed by atoms with Gasteiger partial charge in [-0.25, -0.2) is 0 Å². The van der Waals surface area contributed by atoms with E-state index in [1.165, 1.54) is 11.3 Å². The van der Waals surface area contributed by atoms with Gasteiger partial charge in [0.15, 0.2) is 0 Å². The Labute approximate surface area is 131 Å². The normalized spacial score (nSPS) is 15.2. The minimum Gasteiger partial charge on any atom is -0.378 e. The zero-order chi connectivity index (χ0) is 15.2. The van der Waals surface area contributed by atoms with Crippen molar-refractivity contribution in [2.75, 3.05) is 36.6 Å². The third-order valence-corrected chi connectivity index (χ3v) is 3.80. The maximum Gasteiger partial charge on any atom is 0.0642 e. The van der Waals surface area contributed by atoms with E-state index >= 15 is 0 Å². The highest BCUT2D eigenvalue weighted by Gasteiger charge is 2.11. The molecule has 0 aliphatic carbocycles. The van der Waals surface area contributed by atoms with Crippen molar-refractivity contribution >= 4 is 17.6 Å². The van der Waals surface area contributed by atoms with Gasteiger partial charge < -0.3 is 9.64 Å². The summed E-state index contributed by atoms with van der Waals surface area (Å²) in [6.07, 6.45) is 1.87. The molecule has 2 aromatic carbocycles. The van der Waals surface area contributed by atoms with Crippen molar-refractivity contribution in [3.63, 3.8) is 0 Å². The summed E-state index contributed by atoms with van der Waals surface area (Å²) in [5, 5.41) is 4.31. The fraction of sp³-hybridized carbons (Fsp3) is 0.278. The van der Waals surface area contributed by atoms with Gasteiger partial charge in [0.05, 0.1) is 25.1 Å². The van der Waals surface area contributed by atoms with Gasteiger partial charge in [-0.15, -0.1) is 0 Å². The lowest BCUT2D eigenvalue weighted by Gasteiger charge is -2.29. The van der Waals surface area contributed by atoms with Crippen LogP contribution in [0.2, 0.25) is 0 Å². The number of hydrogen-bond acceptors (Lipinski definition) is 4. The van der Waals surface area contributed by atoms with E-state index < -0.39 is 0 Å². The average molecular weight is 295 g/mol. The Morgan fingerprint density at radius 1 is 1.09 bits per heavy atom. The molecule has 22 heavy (non-hydrogen) atoms. The molecule has 1 heterocycles. The fourth-order valence-electron chi connectivity index (χ4n) is 2.51. The molecule has 114 valence electrons. The lowest BCUT2D eigenvalue weighted by molar-refractivity contribution is 0.122. The predicted molar refractivity (Wildman–Crippen MR) is 91.9 cm³/mol. The zero-order valence-corrected chi connectivity index (χ0v) is 12.8. The van der Waals surface area contributed by atoms with Gasteiger partial charge in [-0.3, -0.25) is 5.43 Å². The number of rotatable bonds is 4. The summed E-state index contributed by atoms with van der Waals surface area (Å²) in [6.45, 7) is 5.66. The quantitative estimate of drug-likeness (QED) is 0.695. The molecule has 0 bridgehead atoms. The van der Waals surface area contributed by atoms with Crippen molar-refractivity contribution in [1.29, 1.82) is 0 Å². The first kappa shape index (κ1) is 14.6. The number of morpholine rings is 1. The van der Waals surface area contributed by atoms with Gasteiger partial charge in [-0.2, -0.15) is 5.10 Å². The lowest BCUT2D eigenvalue weighted by atomic mass is 10.1. The third-order valence-electron chi connectivity index (χ3n) is 3.80. The van der Waals surface area contributed by atoms with E-state index in [1.807, 2.05) is 36.5 Å². The van der Waals surface area contributed by atoms with Crippen molar-refractivity contribution < 1.29 is 4.74 Å². The highest BCUT2D eigenvalue weighted by molar-refractivity contribution is 5.83. The molecule has 2 aromatic rings. The molecule has 1 aliphatic heterocycles. The zero-order valence-electron chi connectivity index (χ0n) is 12.8. The van der Waals surface area contributed by atoms with E-state index in [0.717, 1.165) is 37.6 Å². The number of hydrazone groups is 1. The number of anilines is 2. The number of hydrogen-bond donors (Lipinski definition) is 1. The van der Waals surface area contributed by atoms with Gasteiger partial charge in [0.2, 0.25) is 0 Å². The molecular formula is C18H21N3O. The van der Waals surface area contributed by atoms with Crippen LogP contribution in [0.3, 0.4) is 0 Å². The number of nitrogens with one attached hydrogen (secondary N) is 1. The van der Waals surface area contributed by atoms with E-state index in [0.29, 0.717) is 0 Å². The van der Waals surface area contributed by atoms with E-state index in [4.69, 9.17) is 4.74 Å². The van der Waals surface area contributed by atoms with Gasteiger partial charge in [0.25, 0.3) is 0 Å². The van der Waals surface area contributed by atoms with Crippen molar-refractivity contribution in [3.05, 3.63) is 59.7 Å². The molecule has 1 aliphatic rings. The molecule has 4 nitrogen and oxygen atoms in total. The van der Waals surface area contributed by atoms with Gasteiger partial charge in [0.1, 0.15) is 0 Å². The Hall–Kier alpha value is -2.33. The maximum atomic E-state index is 5.40. The van der Waals surface area contributed by atoms with Crippen LogP contribution in [0.15, 0.2) is 53.6 Å². The number of para-hydroxylation sites is 1. The minimum atomic E-state index is 0.809. The first-order valence-corrected chi connectivity index (χ1v) is 7.60. The van der Waals surface area contributed by atoms with Gasteiger partial charge in [-0.1, -0.05) is 24.3 Å². The first-order valence-electron chi connectivity index (χ1n) is 7.60. The second-order valence-corrected chi connectivity index (χ2v) is 5.38. The summed E-state index contributed by atoms with van der Waals surface area (Å²) in [5.41, 5.74) is 7.64. The molecule has 0 atom stereocenters. The Morgan fingerprint density at radius 2 is 1.86 bits per heavy atom. The number of benzene rings is 2. The molecule has 0 amide bonds. The molecule has 0 radical (unpaired) electrons. The molecule has 1 fully saturated rings. The largest absolute Gasteiger partial charge is 0.378 e. The van der Waals surface area contributed by atoms with Crippen LogP contribution >= 0.6 is 0 Å². The molecule has 4 heteroatoms. The molecule has 0 unspecified atom stereocenters. The summed E-state index contributed by atoms with van der Waals surface area (Å²) in [7, 11) is 0. The maximum absolute atomic E-state index is 5.40. The topological polar surface area (TPSA) is 36.9 Å². The van der Waals surface area contributed by atoms with Crippen LogP contribution in [-0.4, -0.2) is 32.5 Å². The Bertz CT molecular complexity index is 634. The molecule has 0 spiro atoms. The van der Waals surface area contributed by atoms with E-state index in [1.54, 1.807) is 0 Å². The highest BCUT2D eigenvalue weighted by atomic mass is 16.5. The standard InChI is InChI=1S/C18H21N3O/c1-15-13-18(21-9-11-22-12-10-21)8-7-16(15)14-19-20-17-5-3-2-4-6-17/h2-8,13-14,20H,9-12H2,1H3/b19-14+. The van der Waals surface area contributed by atoms with Crippen molar-refractivity contribution in [1.82, 2.24) is 0 Å². The van der Waals surface area contributed by atoms with Crippen LogP contribution in [0.4, 0.5) is 11.4 Å². The van der Waals surface area contributed by atoms with E-state index in [2.05, 4.69) is 40.5 Å². The molecule has 0 saturated carbocycles. The lowest BCUT2D eigenvalue weighted by Crippen LogP contribution is -2.36. The average Bonchev–Trinajstić information content (AvgIpc) is 2.58. The van der Waals surface area contributed by atoms with Crippen molar-refractivity contribution in [2.24, 2.45) is 5.10 Å². The van der Waals surface area contributed by atoms with Crippen LogP contribution in [0, 0.1) is 6.92 Å². The number of ether oxygens (including phenoxy) is 1. The summed E-state index contributed by atoms with van der Waals surface area (Å²) >= 11 is 0. The molecule has 0 aromatic heterocycles. The molecular weight excluding hydrogens is 274 g/mol. The second-order valence-electron chi connectivity index (χ2n) is 5.38. The highest BCUT2D eigenvalue weighted by Crippen LogP contribution is 2.19. The summed E-state index contributed by atoms with van der Waals surface area (Å²) in [4.78, 5) is 2.36. The minimum absolute atomic E-state index is 0.809. The molecule has 1 saturated heterocycles. The van der Waals surface area contributed by atoms with Crippen LogP contribution < -0.4 is 10.3 Å². The first-order chi connectivity index (χ1) is 10.8. The van der Waals surface area contributed by atoms with Crippen molar-refractivity contribution in [2.45, 2.75) is 6.92 Å². The van der Waals surface area contributed by atoms with Gasteiger partial charge in [0, 0.05) is 18.8 Å². The van der Waals surface area contributed by atoms with Gasteiger partial charge in [-0.05, 0) is 42.3 Å². The fourth-order valence-corrected chi connectivity index (χ4v) is 2.51. The second kappa shape index (κ2) is 7.09. The monoisotopic (exact) mass is 295 g/mol. The summed E-state index contributed by atoms with van der Waals surface area (Å²) in [6, 6.07) is 16.4. The van der Waals surface area contributed by atoms with E-state index in [9.17, 15) is 0 Å². The smallest absolute Gasteiger partial charge is 0.0642 e.